The smallest absolute Gasteiger partial charge is 0.410 e. The predicted molar refractivity (Wildman–Crippen MR) is 94.5 cm³/mol. The second-order valence-corrected chi connectivity index (χ2v) is 5.99. The van der Waals surface area contributed by atoms with Crippen molar-refractivity contribution in [2.45, 2.75) is 19.1 Å². The second kappa shape index (κ2) is 8.31. The van der Waals surface area contributed by atoms with Crippen LogP contribution in [0.2, 0.25) is 0 Å². The van der Waals surface area contributed by atoms with Crippen LogP contribution in [0.25, 0.3) is 0 Å². The van der Waals surface area contributed by atoms with E-state index in [-0.39, 0.29) is 19.1 Å². The molecule has 1 aromatic carbocycles. The summed E-state index contributed by atoms with van der Waals surface area (Å²) in [6.45, 7) is 0.465. The number of hydrogen-bond acceptors (Lipinski definition) is 6. The van der Waals surface area contributed by atoms with Crippen LogP contribution in [0.5, 0.6) is 0 Å². The van der Waals surface area contributed by atoms with Crippen LogP contribution in [0, 0.1) is 0 Å². The van der Waals surface area contributed by atoms with Crippen LogP contribution in [0.4, 0.5) is 4.79 Å². The van der Waals surface area contributed by atoms with Crippen molar-refractivity contribution in [2.24, 2.45) is 0 Å². The molecule has 0 aliphatic carbocycles. The van der Waals surface area contributed by atoms with Gasteiger partial charge in [-0.3, -0.25) is 14.7 Å². The Labute approximate surface area is 156 Å². The lowest BCUT2D eigenvalue weighted by molar-refractivity contribution is -0.125. The van der Waals surface area contributed by atoms with Gasteiger partial charge in [-0.05, 0) is 35.4 Å². The number of nitrogens with one attached hydrogen (secondary N) is 1. The Hall–Kier alpha value is -3.42. The zero-order chi connectivity index (χ0) is 19.2. The van der Waals surface area contributed by atoms with Crippen LogP contribution < -0.4 is 5.32 Å². The highest BCUT2D eigenvalue weighted by Gasteiger charge is 2.37. The molecule has 2 amide bonds. The number of aromatic nitrogens is 1. The average Bonchev–Trinajstić information content (AvgIpc) is 3.07. The Morgan fingerprint density at radius 1 is 1.26 bits per heavy atom. The van der Waals surface area contributed by atoms with Crippen LogP contribution >= 0.6 is 0 Å². The van der Waals surface area contributed by atoms with Crippen LogP contribution in [0.15, 0.2) is 48.8 Å². The number of esters is 1. The molecule has 0 spiro atoms. The normalized spacial score (nSPS) is 16.0. The molecule has 140 valence electrons. The van der Waals surface area contributed by atoms with E-state index in [0.29, 0.717) is 17.7 Å². The van der Waals surface area contributed by atoms with Crippen molar-refractivity contribution in [2.75, 3.05) is 13.7 Å². The number of carbonyl (C=O) groups excluding carboxylic acids is 3. The van der Waals surface area contributed by atoms with Gasteiger partial charge in [0.1, 0.15) is 12.6 Å². The van der Waals surface area contributed by atoms with E-state index >= 15 is 0 Å². The van der Waals surface area contributed by atoms with E-state index in [9.17, 15) is 14.4 Å². The number of ether oxygens (including phenoxy) is 2. The summed E-state index contributed by atoms with van der Waals surface area (Å²) in [6.07, 6.45) is 2.72. The molecule has 27 heavy (non-hydrogen) atoms. The summed E-state index contributed by atoms with van der Waals surface area (Å²) in [6, 6.07) is 9.58. The second-order valence-electron chi connectivity index (χ2n) is 5.99. The Kier molecular flexibility index (Phi) is 5.65. The third kappa shape index (κ3) is 4.41. The van der Waals surface area contributed by atoms with Gasteiger partial charge in [-0.15, -0.1) is 0 Å². The fraction of sp³-hybridized carbons (Fsp3) is 0.263. The first-order valence-corrected chi connectivity index (χ1v) is 8.35. The van der Waals surface area contributed by atoms with Crippen molar-refractivity contribution in [3.05, 3.63) is 65.5 Å². The number of amides is 2. The monoisotopic (exact) mass is 369 g/mol. The molecule has 2 aromatic rings. The number of methoxy groups -OCH3 is 1. The third-order valence-electron chi connectivity index (χ3n) is 4.20. The van der Waals surface area contributed by atoms with Crippen molar-refractivity contribution >= 4 is 18.0 Å². The molecule has 1 aliphatic heterocycles. The summed E-state index contributed by atoms with van der Waals surface area (Å²) in [7, 11) is 1.30. The molecule has 0 unspecified atom stereocenters. The molecule has 2 heterocycles. The van der Waals surface area contributed by atoms with Crippen LogP contribution in [0.3, 0.4) is 0 Å². The molecule has 1 fully saturated rings. The number of carbonyl (C=O) groups is 3. The van der Waals surface area contributed by atoms with Gasteiger partial charge in [-0.25, -0.2) is 9.59 Å². The minimum atomic E-state index is -0.735. The van der Waals surface area contributed by atoms with Crippen LogP contribution in [-0.2, 0) is 27.4 Å². The highest BCUT2D eigenvalue weighted by molar-refractivity contribution is 5.90. The first-order chi connectivity index (χ1) is 13.1. The molecular formula is C19H19N3O5. The van der Waals surface area contributed by atoms with Crippen LogP contribution in [0.1, 0.15) is 21.5 Å². The molecule has 0 radical (unpaired) electrons. The summed E-state index contributed by atoms with van der Waals surface area (Å²) in [5.41, 5.74) is 1.98. The molecule has 8 heteroatoms. The molecule has 1 atom stereocenters. The molecule has 1 saturated heterocycles. The number of rotatable bonds is 6. The minimum Gasteiger partial charge on any atom is -0.465 e. The predicted octanol–water partition coefficient (Wildman–Crippen LogP) is 1.51. The van der Waals surface area contributed by atoms with Gasteiger partial charge in [0, 0.05) is 18.9 Å². The van der Waals surface area contributed by atoms with Gasteiger partial charge in [0.25, 0.3) is 0 Å². The van der Waals surface area contributed by atoms with Gasteiger partial charge in [0.15, 0.2) is 0 Å². The van der Waals surface area contributed by atoms with E-state index in [1.54, 1.807) is 48.8 Å². The molecule has 1 aliphatic rings. The quantitative estimate of drug-likeness (QED) is 0.775. The minimum absolute atomic E-state index is 0.0162. The lowest BCUT2D eigenvalue weighted by Gasteiger charge is -2.21. The van der Waals surface area contributed by atoms with Crippen molar-refractivity contribution < 1.29 is 23.9 Å². The Morgan fingerprint density at radius 3 is 2.78 bits per heavy atom. The van der Waals surface area contributed by atoms with Gasteiger partial charge in [0.05, 0.1) is 19.2 Å². The first kappa shape index (κ1) is 18.4. The van der Waals surface area contributed by atoms with Gasteiger partial charge in [-0.1, -0.05) is 12.1 Å². The van der Waals surface area contributed by atoms with Crippen molar-refractivity contribution in [1.29, 1.82) is 0 Å². The van der Waals surface area contributed by atoms with E-state index in [1.165, 1.54) is 12.0 Å². The van der Waals surface area contributed by atoms with Crippen molar-refractivity contribution in [3.8, 4) is 0 Å². The standard InChI is InChI=1S/C19H19N3O5/c1-26-18(24)15-4-2-3-14(9-15)11-22-16(12-27-19(22)25)17(23)21-10-13-5-7-20-8-6-13/h2-9,16H,10-12H2,1H3,(H,21,23)/t16-/m0/s1. The van der Waals surface area contributed by atoms with E-state index < -0.39 is 18.1 Å². The Morgan fingerprint density at radius 2 is 2.04 bits per heavy atom. The molecule has 0 bridgehead atoms. The van der Waals surface area contributed by atoms with E-state index in [1.807, 2.05) is 0 Å². The Balaban J connectivity index is 1.67. The van der Waals surface area contributed by atoms with Gasteiger partial charge < -0.3 is 14.8 Å². The van der Waals surface area contributed by atoms with Gasteiger partial charge in [-0.2, -0.15) is 0 Å². The van der Waals surface area contributed by atoms with E-state index in [2.05, 4.69) is 10.3 Å². The average molecular weight is 369 g/mol. The summed E-state index contributed by atoms with van der Waals surface area (Å²) in [4.78, 5) is 41.5. The maximum Gasteiger partial charge on any atom is 0.410 e. The number of nitrogens with zero attached hydrogens (tertiary/aromatic N) is 2. The number of pyridine rings is 1. The SMILES string of the molecule is COC(=O)c1cccc(CN2C(=O)OC[C@H]2C(=O)NCc2ccncc2)c1. The highest BCUT2D eigenvalue weighted by Crippen LogP contribution is 2.18. The lowest BCUT2D eigenvalue weighted by Crippen LogP contribution is -2.45. The molecule has 1 aromatic heterocycles. The summed E-state index contributed by atoms with van der Waals surface area (Å²) in [5.74, 6) is -0.769. The summed E-state index contributed by atoms with van der Waals surface area (Å²) >= 11 is 0. The Bertz CT molecular complexity index is 840. The molecule has 1 N–H and O–H groups in total. The highest BCUT2D eigenvalue weighted by atomic mass is 16.6. The van der Waals surface area contributed by atoms with E-state index in [0.717, 1.165) is 5.56 Å². The summed E-state index contributed by atoms with van der Waals surface area (Å²) in [5, 5.41) is 2.80. The third-order valence-corrected chi connectivity index (χ3v) is 4.20. The van der Waals surface area contributed by atoms with Crippen LogP contribution in [-0.4, -0.2) is 47.6 Å². The fourth-order valence-corrected chi connectivity index (χ4v) is 2.76. The molecule has 8 nitrogen and oxygen atoms in total. The van der Waals surface area contributed by atoms with Crippen molar-refractivity contribution in [1.82, 2.24) is 15.2 Å². The number of hydrogen-bond donors (Lipinski definition) is 1. The lowest BCUT2D eigenvalue weighted by atomic mass is 10.1. The van der Waals surface area contributed by atoms with Gasteiger partial charge >= 0.3 is 12.1 Å². The zero-order valence-electron chi connectivity index (χ0n) is 14.8. The topological polar surface area (TPSA) is 97.8 Å². The molecule has 0 saturated carbocycles. The van der Waals surface area contributed by atoms with Gasteiger partial charge in [0.2, 0.25) is 5.91 Å². The maximum atomic E-state index is 12.5. The number of cyclic esters (lactones) is 1. The maximum absolute atomic E-state index is 12.5. The number of benzene rings is 1. The zero-order valence-corrected chi connectivity index (χ0v) is 14.8. The molecular weight excluding hydrogens is 350 g/mol. The molecule has 3 rings (SSSR count). The first-order valence-electron chi connectivity index (χ1n) is 8.35. The largest absolute Gasteiger partial charge is 0.465 e. The summed E-state index contributed by atoms with van der Waals surface area (Å²) < 4.78 is 9.75. The fourth-order valence-electron chi connectivity index (χ4n) is 2.76. The van der Waals surface area contributed by atoms with E-state index in [4.69, 9.17) is 9.47 Å². The van der Waals surface area contributed by atoms with Crippen molar-refractivity contribution in [3.63, 3.8) is 0 Å².